The molecule has 1 fully saturated rings. The molecule has 136 valence electrons. The maximum absolute atomic E-state index is 11.9. The molecule has 1 unspecified atom stereocenters. The van der Waals surface area contributed by atoms with Crippen LogP contribution in [0, 0.1) is 6.92 Å². The van der Waals surface area contributed by atoms with Crippen molar-refractivity contribution in [1.82, 2.24) is 29.7 Å². The molecule has 1 aliphatic rings. The first kappa shape index (κ1) is 17.2. The zero-order valence-corrected chi connectivity index (χ0v) is 16.1. The molecule has 0 amide bonds. The van der Waals surface area contributed by atoms with Crippen molar-refractivity contribution in [3.8, 4) is 21.5 Å². The van der Waals surface area contributed by atoms with Crippen molar-refractivity contribution in [3.05, 3.63) is 30.0 Å². The van der Waals surface area contributed by atoms with Crippen LogP contribution >= 0.6 is 11.3 Å². The van der Waals surface area contributed by atoms with Crippen molar-refractivity contribution in [2.75, 3.05) is 11.5 Å². The first-order valence-electron chi connectivity index (χ1n) is 8.38. The zero-order valence-electron chi connectivity index (χ0n) is 14.5. The molecule has 0 spiro atoms. The Bertz CT molecular complexity index is 1040. The predicted molar refractivity (Wildman–Crippen MR) is 98.6 cm³/mol. The highest BCUT2D eigenvalue weighted by Gasteiger charge is 2.33. The van der Waals surface area contributed by atoms with Gasteiger partial charge in [-0.2, -0.15) is 5.10 Å². The standard InChI is InChI=1S/C16H18N6O2S2/c1-3-12-13(25-16(20-12)14-17-6-4-7-18-14)15-19-10(2)21-22(15)11-5-8-26(23,24)9-11/h4,6-7,11H,3,5,8-9H2,1-2H3. The Hall–Kier alpha value is -2.20. The number of aromatic nitrogens is 6. The summed E-state index contributed by atoms with van der Waals surface area (Å²) in [6, 6.07) is 1.58. The van der Waals surface area contributed by atoms with Gasteiger partial charge in [-0.05, 0) is 25.8 Å². The van der Waals surface area contributed by atoms with Crippen molar-refractivity contribution < 1.29 is 8.42 Å². The molecule has 3 aromatic heterocycles. The summed E-state index contributed by atoms with van der Waals surface area (Å²) in [5, 5.41) is 5.21. The maximum Gasteiger partial charge on any atom is 0.188 e. The summed E-state index contributed by atoms with van der Waals surface area (Å²) < 4.78 is 25.6. The lowest BCUT2D eigenvalue weighted by Crippen LogP contribution is -2.14. The molecule has 10 heteroatoms. The van der Waals surface area contributed by atoms with Gasteiger partial charge in [-0.1, -0.05) is 6.92 Å². The Morgan fingerprint density at radius 2 is 2.04 bits per heavy atom. The second-order valence-electron chi connectivity index (χ2n) is 6.20. The van der Waals surface area contributed by atoms with E-state index in [1.807, 2.05) is 13.8 Å². The number of nitrogens with zero attached hydrogens (tertiary/aromatic N) is 6. The summed E-state index contributed by atoms with van der Waals surface area (Å²) in [6.45, 7) is 3.85. The monoisotopic (exact) mass is 390 g/mol. The van der Waals surface area contributed by atoms with Crippen LogP contribution in [0.4, 0.5) is 0 Å². The van der Waals surface area contributed by atoms with Crippen LogP contribution in [0.2, 0.25) is 0 Å². The fourth-order valence-corrected chi connectivity index (χ4v) is 5.86. The van der Waals surface area contributed by atoms with Gasteiger partial charge in [-0.15, -0.1) is 11.3 Å². The van der Waals surface area contributed by atoms with E-state index in [2.05, 4.69) is 25.0 Å². The van der Waals surface area contributed by atoms with E-state index in [0.717, 1.165) is 22.0 Å². The lowest BCUT2D eigenvalue weighted by Gasteiger charge is -2.11. The molecule has 0 radical (unpaired) electrons. The third-order valence-corrected chi connectivity index (χ3v) is 7.12. The molecule has 4 heterocycles. The average Bonchev–Trinajstić information content (AvgIpc) is 3.31. The third-order valence-electron chi connectivity index (χ3n) is 4.28. The Balaban J connectivity index is 1.80. The first-order valence-corrected chi connectivity index (χ1v) is 11.0. The van der Waals surface area contributed by atoms with Crippen LogP contribution in [0.1, 0.15) is 30.9 Å². The van der Waals surface area contributed by atoms with Gasteiger partial charge in [0.2, 0.25) is 0 Å². The SMILES string of the molecule is CCc1nc(-c2ncccn2)sc1-c1nc(C)nn1C1CCS(=O)(=O)C1. The molecule has 0 bridgehead atoms. The minimum absolute atomic E-state index is 0.109. The Kier molecular flexibility index (Phi) is 4.31. The molecule has 8 nitrogen and oxygen atoms in total. The van der Waals surface area contributed by atoms with Crippen molar-refractivity contribution in [2.45, 2.75) is 32.7 Å². The van der Waals surface area contributed by atoms with Gasteiger partial charge < -0.3 is 0 Å². The summed E-state index contributed by atoms with van der Waals surface area (Å²) in [6.07, 6.45) is 4.66. The van der Waals surface area contributed by atoms with E-state index in [0.29, 0.717) is 23.9 Å². The highest BCUT2D eigenvalue weighted by molar-refractivity contribution is 7.91. The fraction of sp³-hybridized carbons (Fsp3) is 0.438. The average molecular weight is 390 g/mol. The van der Waals surface area contributed by atoms with Gasteiger partial charge in [0, 0.05) is 12.4 Å². The van der Waals surface area contributed by atoms with E-state index in [1.165, 1.54) is 11.3 Å². The number of hydrogen-bond donors (Lipinski definition) is 0. The van der Waals surface area contributed by atoms with Crippen LogP contribution in [-0.4, -0.2) is 49.6 Å². The Morgan fingerprint density at radius 1 is 1.27 bits per heavy atom. The van der Waals surface area contributed by atoms with Crippen molar-refractivity contribution in [3.63, 3.8) is 0 Å². The molecule has 1 aliphatic heterocycles. The molecular formula is C16H18N6O2S2. The van der Waals surface area contributed by atoms with Crippen LogP contribution in [0.15, 0.2) is 18.5 Å². The van der Waals surface area contributed by atoms with Crippen LogP contribution in [0.5, 0.6) is 0 Å². The molecule has 1 saturated heterocycles. The van der Waals surface area contributed by atoms with Crippen LogP contribution in [0.3, 0.4) is 0 Å². The summed E-state index contributed by atoms with van der Waals surface area (Å²) >= 11 is 1.47. The maximum atomic E-state index is 11.9. The van der Waals surface area contributed by atoms with E-state index >= 15 is 0 Å². The molecule has 0 aliphatic carbocycles. The minimum Gasteiger partial charge on any atom is -0.241 e. The van der Waals surface area contributed by atoms with Crippen LogP contribution in [-0.2, 0) is 16.3 Å². The molecule has 3 aromatic rings. The van der Waals surface area contributed by atoms with Gasteiger partial charge in [0.15, 0.2) is 26.5 Å². The lowest BCUT2D eigenvalue weighted by atomic mass is 10.2. The fourth-order valence-electron chi connectivity index (χ4n) is 3.08. The second kappa shape index (κ2) is 6.51. The predicted octanol–water partition coefficient (Wildman–Crippen LogP) is 2.09. The van der Waals surface area contributed by atoms with Gasteiger partial charge in [-0.25, -0.2) is 33.0 Å². The lowest BCUT2D eigenvalue weighted by molar-refractivity contribution is 0.502. The summed E-state index contributed by atoms with van der Waals surface area (Å²) in [7, 11) is -3.01. The number of sulfone groups is 1. The minimum atomic E-state index is -3.01. The number of aryl methyl sites for hydroxylation is 2. The number of thiazole rings is 1. The molecule has 1 atom stereocenters. The molecule has 4 rings (SSSR count). The largest absolute Gasteiger partial charge is 0.241 e. The quantitative estimate of drug-likeness (QED) is 0.672. The van der Waals surface area contributed by atoms with E-state index in [-0.39, 0.29) is 17.5 Å². The van der Waals surface area contributed by atoms with Gasteiger partial charge in [0.1, 0.15) is 5.82 Å². The van der Waals surface area contributed by atoms with E-state index in [4.69, 9.17) is 0 Å². The van der Waals surface area contributed by atoms with Crippen molar-refractivity contribution in [1.29, 1.82) is 0 Å². The normalized spacial score (nSPS) is 19.1. The van der Waals surface area contributed by atoms with Crippen LogP contribution in [0.25, 0.3) is 21.5 Å². The zero-order chi connectivity index (χ0) is 18.3. The molecule has 0 aromatic carbocycles. The van der Waals surface area contributed by atoms with Gasteiger partial charge in [0.05, 0.1) is 28.1 Å². The van der Waals surface area contributed by atoms with E-state index < -0.39 is 9.84 Å². The number of rotatable bonds is 4. The molecule has 0 saturated carbocycles. The first-order chi connectivity index (χ1) is 12.5. The summed E-state index contributed by atoms with van der Waals surface area (Å²) in [5.41, 5.74) is 0.895. The van der Waals surface area contributed by atoms with Gasteiger partial charge in [-0.3, -0.25) is 0 Å². The van der Waals surface area contributed by atoms with Gasteiger partial charge >= 0.3 is 0 Å². The number of hydrogen-bond acceptors (Lipinski definition) is 8. The van der Waals surface area contributed by atoms with E-state index in [9.17, 15) is 8.42 Å². The summed E-state index contributed by atoms with van der Waals surface area (Å²) in [4.78, 5) is 18.7. The molecule has 0 N–H and O–H groups in total. The Morgan fingerprint density at radius 3 is 2.69 bits per heavy atom. The van der Waals surface area contributed by atoms with Crippen LogP contribution < -0.4 is 0 Å². The topological polar surface area (TPSA) is 104 Å². The smallest absolute Gasteiger partial charge is 0.188 e. The van der Waals surface area contributed by atoms with Crippen molar-refractivity contribution >= 4 is 21.2 Å². The molecular weight excluding hydrogens is 372 g/mol. The van der Waals surface area contributed by atoms with E-state index in [1.54, 1.807) is 23.1 Å². The molecule has 26 heavy (non-hydrogen) atoms. The highest BCUT2D eigenvalue weighted by Crippen LogP contribution is 2.36. The highest BCUT2D eigenvalue weighted by atomic mass is 32.2. The Labute approximate surface area is 155 Å². The third kappa shape index (κ3) is 3.14. The van der Waals surface area contributed by atoms with Gasteiger partial charge in [0.25, 0.3) is 0 Å². The second-order valence-corrected chi connectivity index (χ2v) is 9.43. The summed E-state index contributed by atoms with van der Waals surface area (Å²) in [5.74, 6) is 2.18. The van der Waals surface area contributed by atoms with Crippen molar-refractivity contribution in [2.24, 2.45) is 0 Å².